The molecule has 29 heavy (non-hydrogen) atoms. The second-order valence-electron chi connectivity index (χ2n) is 5.76. The van der Waals surface area contributed by atoms with Crippen molar-refractivity contribution in [2.24, 2.45) is 0 Å². The Bertz CT molecular complexity index is 900. The van der Waals surface area contributed by atoms with E-state index in [0.29, 0.717) is 24.3 Å². The van der Waals surface area contributed by atoms with Crippen LogP contribution in [0.1, 0.15) is 31.8 Å². The Morgan fingerprint density at radius 1 is 0.655 bits per heavy atom. The van der Waals surface area contributed by atoms with Gasteiger partial charge in [0.2, 0.25) is 5.41 Å². The fraction of sp³-hybridized carbons (Fsp3) is 0.176. The van der Waals surface area contributed by atoms with Crippen molar-refractivity contribution in [2.45, 2.75) is 17.8 Å². The zero-order valence-electron chi connectivity index (χ0n) is 13.8. The Morgan fingerprint density at radius 3 is 1.21 bits per heavy atom. The maximum Gasteiger partial charge on any atom is 0.411 e. The second kappa shape index (κ2) is 6.87. The van der Waals surface area contributed by atoms with Gasteiger partial charge in [0, 0.05) is 11.1 Å². The SMILES string of the molecule is O=C(O)c1cccc(C(c2cccc(C(=O)O)c2O)(C(F)(F)F)C(F)(F)F)c1O. The van der Waals surface area contributed by atoms with Crippen LogP contribution >= 0.6 is 0 Å². The molecule has 0 aliphatic heterocycles. The molecule has 2 aromatic carbocycles. The van der Waals surface area contributed by atoms with Crippen molar-refractivity contribution in [3.05, 3.63) is 58.7 Å². The number of aromatic hydroxyl groups is 2. The number of carboxylic acid groups (broad SMARTS) is 2. The normalized spacial score (nSPS) is 12.6. The molecule has 6 nitrogen and oxygen atoms in total. The molecule has 0 amide bonds. The minimum absolute atomic E-state index is 0.190. The fourth-order valence-electron chi connectivity index (χ4n) is 2.95. The van der Waals surface area contributed by atoms with E-state index >= 15 is 0 Å². The van der Waals surface area contributed by atoms with E-state index in [4.69, 9.17) is 10.2 Å². The topological polar surface area (TPSA) is 115 Å². The molecule has 0 fully saturated rings. The van der Waals surface area contributed by atoms with Crippen molar-refractivity contribution in [3.63, 3.8) is 0 Å². The van der Waals surface area contributed by atoms with Crippen molar-refractivity contribution in [1.82, 2.24) is 0 Å². The standard InChI is InChI=1S/C17H10F6O6/c18-16(19,20)15(17(21,22)23,9-5-1-3-7(11(9)24)13(26)27)10-6-2-4-8(12(10)25)14(28)29/h1-6,24-25H,(H,26,27)(H,28,29). The molecule has 0 unspecified atom stereocenters. The molecule has 0 aliphatic rings. The molecule has 0 saturated heterocycles. The average Bonchev–Trinajstić information content (AvgIpc) is 2.55. The quantitative estimate of drug-likeness (QED) is 0.554. The lowest BCUT2D eigenvalue weighted by Gasteiger charge is -2.39. The molecular formula is C17H10F6O6. The van der Waals surface area contributed by atoms with Crippen LogP contribution in [0.15, 0.2) is 36.4 Å². The summed E-state index contributed by atoms with van der Waals surface area (Å²) in [4.78, 5) is 22.2. The van der Waals surface area contributed by atoms with Gasteiger partial charge in [0.1, 0.15) is 22.6 Å². The molecule has 2 aromatic rings. The van der Waals surface area contributed by atoms with Gasteiger partial charge in [-0.15, -0.1) is 0 Å². The highest BCUT2D eigenvalue weighted by atomic mass is 19.4. The van der Waals surface area contributed by atoms with Gasteiger partial charge in [0.15, 0.2) is 0 Å². The predicted molar refractivity (Wildman–Crippen MR) is 83.0 cm³/mol. The first kappa shape index (κ1) is 21.9. The molecule has 0 spiro atoms. The first-order valence-corrected chi connectivity index (χ1v) is 7.42. The fourth-order valence-corrected chi connectivity index (χ4v) is 2.95. The second-order valence-corrected chi connectivity index (χ2v) is 5.76. The molecule has 0 atom stereocenters. The summed E-state index contributed by atoms with van der Waals surface area (Å²) in [6.45, 7) is 0. The summed E-state index contributed by atoms with van der Waals surface area (Å²) in [5, 5.41) is 37.9. The number of para-hydroxylation sites is 2. The van der Waals surface area contributed by atoms with E-state index in [0.717, 1.165) is 0 Å². The largest absolute Gasteiger partial charge is 0.507 e. The van der Waals surface area contributed by atoms with Crippen molar-refractivity contribution in [3.8, 4) is 11.5 Å². The highest BCUT2D eigenvalue weighted by Crippen LogP contribution is 2.60. The number of halogens is 6. The Hall–Kier alpha value is -3.44. The Balaban J connectivity index is 3.14. The maximum atomic E-state index is 14.0. The minimum atomic E-state index is -6.28. The predicted octanol–water partition coefficient (Wildman–Crippen LogP) is 3.90. The van der Waals surface area contributed by atoms with Crippen LogP contribution < -0.4 is 0 Å². The molecule has 0 bridgehead atoms. The zero-order valence-corrected chi connectivity index (χ0v) is 13.8. The number of phenols is 2. The van der Waals surface area contributed by atoms with Crippen LogP contribution in [-0.2, 0) is 5.41 Å². The third kappa shape index (κ3) is 3.19. The third-order valence-corrected chi connectivity index (χ3v) is 4.19. The van der Waals surface area contributed by atoms with Gasteiger partial charge in [-0.25, -0.2) is 9.59 Å². The molecule has 0 aliphatic carbocycles. The van der Waals surface area contributed by atoms with E-state index in [9.17, 15) is 46.1 Å². The molecule has 0 saturated carbocycles. The average molecular weight is 424 g/mol. The minimum Gasteiger partial charge on any atom is -0.507 e. The number of alkyl halides is 6. The van der Waals surface area contributed by atoms with Crippen LogP contribution in [0.4, 0.5) is 26.3 Å². The summed E-state index contributed by atoms with van der Waals surface area (Å²) in [6, 6.07) is 2.62. The number of hydrogen-bond donors (Lipinski definition) is 4. The van der Waals surface area contributed by atoms with Crippen LogP contribution in [0.5, 0.6) is 11.5 Å². The number of carboxylic acids is 2. The van der Waals surface area contributed by atoms with Gasteiger partial charge in [0.05, 0.1) is 0 Å². The molecule has 2 rings (SSSR count). The number of hydrogen-bond acceptors (Lipinski definition) is 4. The van der Waals surface area contributed by atoms with Crippen LogP contribution in [0.25, 0.3) is 0 Å². The van der Waals surface area contributed by atoms with E-state index in [1.807, 2.05) is 0 Å². The van der Waals surface area contributed by atoms with Crippen molar-refractivity contribution >= 4 is 11.9 Å². The van der Waals surface area contributed by atoms with E-state index in [-0.39, 0.29) is 12.1 Å². The smallest absolute Gasteiger partial charge is 0.411 e. The number of aromatic carboxylic acids is 2. The first-order valence-electron chi connectivity index (χ1n) is 7.42. The Kier molecular flexibility index (Phi) is 5.17. The summed E-state index contributed by atoms with van der Waals surface area (Å²) >= 11 is 0. The maximum absolute atomic E-state index is 14.0. The zero-order chi connectivity index (χ0) is 22.4. The molecule has 0 aromatic heterocycles. The number of carbonyl (C=O) groups is 2. The van der Waals surface area contributed by atoms with Crippen LogP contribution in [0.2, 0.25) is 0 Å². The summed E-state index contributed by atoms with van der Waals surface area (Å²) in [7, 11) is 0. The van der Waals surface area contributed by atoms with E-state index in [1.165, 1.54) is 0 Å². The van der Waals surface area contributed by atoms with Crippen molar-refractivity contribution in [2.75, 3.05) is 0 Å². The van der Waals surface area contributed by atoms with Gasteiger partial charge in [-0.05, 0) is 12.1 Å². The van der Waals surface area contributed by atoms with Crippen LogP contribution in [-0.4, -0.2) is 44.7 Å². The first-order chi connectivity index (χ1) is 13.2. The van der Waals surface area contributed by atoms with Gasteiger partial charge in [-0.3, -0.25) is 0 Å². The summed E-state index contributed by atoms with van der Waals surface area (Å²) in [6.07, 6.45) is -12.6. The Morgan fingerprint density at radius 2 is 0.966 bits per heavy atom. The molecule has 0 radical (unpaired) electrons. The van der Waals surface area contributed by atoms with Gasteiger partial charge in [-0.1, -0.05) is 24.3 Å². The van der Waals surface area contributed by atoms with Gasteiger partial charge in [0.25, 0.3) is 0 Å². The van der Waals surface area contributed by atoms with E-state index in [1.54, 1.807) is 0 Å². The monoisotopic (exact) mass is 424 g/mol. The molecule has 0 heterocycles. The van der Waals surface area contributed by atoms with E-state index < -0.39 is 63.5 Å². The van der Waals surface area contributed by atoms with Gasteiger partial charge < -0.3 is 20.4 Å². The number of benzene rings is 2. The summed E-state index contributed by atoms with van der Waals surface area (Å²) in [5.41, 5.74) is -11.5. The van der Waals surface area contributed by atoms with E-state index in [2.05, 4.69) is 0 Å². The summed E-state index contributed by atoms with van der Waals surface area (Å²) in [5.74, 6) is -7.69. The van der Waals surface area contributed by atoms with Gasteiger partial charge >= 0.3 is 24.3 Å². The van der Waals surface area contributed by atoms with Crippen LogP contribution in [0.3, 0.4) is 0 Å². The lowest BCUT2D eigenvalue weighted by Crippen LogP contribution is -2.55. The lowest BCUT2D eigenvalue weighted by atomic mass is 9.71. The highest BCUT2D eigenvalue weighted by Gasteiger charge is 2.74. The molecular weight excluding hydrogens is 414 g/mol. The third-order valence-electron chi connectivity index (χ3n) is 4.19. The molecule has 12 heteroatoms. The highest BCUT2D eigenvalue weighted by molar-refractivity contribution is 5.93. The van der Waals surface area contributed by atoms with Crippen LogP contribution in [0, 0.1) is 0 Å². The lowest BCUT2D eigenvalue weighted by molar-refractivity contribution is -0.289. The van der Waals surface area contributed by atoms with Crippen molar-refractivity contribution in [1.29, 1.82) is 0 Å². The molecule has 156 valence electrons. The van der Waals surface area contributed by atoms with Crippen molar-refractivity contribution < 1.29 is 56.4 Å². The molecule has 4 N–H and O–H groups in total. The number of rotatable bonds is 4. The Labute approximate surface area is 157 Å². The summed E-state index contributed by atoms with van der Waals surface area (Å²) < 4.78 is 84.2. The van der Waals surface area contributed by atoms with Gasteiger partial charge in [-0.2, -0.15) is 26.3 Å².